The van der Waals surface area contributed by atoms with Gasteiger partial charge in [-0.05, 0) is 48.9 Å². The molecule has 6 heteroatoms. The van der Waals surface area contributed by atoms with Crippen LogP contribution in [0.4, 0.5) is 11.4 Å². The molecule has 0 saturated carbocycles. The number of nitrogens with zero attached hydrogens (tertiary/aromatic N) is 2. The van der Waals surface area contributed by atoms with Crippen molar-refractivity contribution in [3.05, 3.63) is 64.2 Å². The number of benzene rings is 2. The Bertz CT molecular complexity index is 637. The Labute approximate surface area is 136 Å². The summed E-state index contributed by atoms with van der Waals surface area (Å²) in [6.07, 6.45) is 0. The number of non-ortho nitro benzene ring substituents is 1. The number of methoxy groups -OCH3 is 1. The number of nitro benzene ring substituents is 1. The van der Waals surface area contributed by atoms with Crippen molar-refractivity contribution < 1.29 is 29.8 Å². The van der Waals surface area contributed by atoms with Crippen LogP contribution < -0.4 is 4.74 Å². The van der Waals surface area contributed by atoms with Gasteiger partial charge in [-0.25, -0.2) is 0 Å². The zero-order valence-electron chi connectivity index (χ0n) is 11.6. The second-order valence-electron chi connectivity index (χ2n) is 4.20. The first-order chi connectivity index (χ1) is 9.60. The fraction of sp³-hybridized carbons (Fsp3) is 0.133. The van der Waals surface area contributed by atoms with E-state index in [2.05, 4.69) is 4.99 Å². The average Bonchev–Trinajstić information content (AvgIpc) is 2.48. The topological polar surface area (TPSA) is 64.7 Å². The standard InChI is InChI=1S/C15H14N2O3.Ir/c1-11(12-3-7-14(8-4-12)17(18)19)16-13-5-9-15(20-2)10-6-13;/h3-10H,1-2H3;/b16-11+;. The van der Waals surface area contributed by atoms with Gasteiger partial charge in [0.05, 0.1) is 17.7 Å². The van der Waals surface area contributed by atoms with Crippen molar-refractivity contribution in [1.29, 1.82) is 0 Å². The molecule has 2 rings (SSSR count). The molecule has 0 amide bonds. The van der Waals surface area contributed by atoms with Gasteiger partial charge in [0.15, 0.2) is 0 Å². The third kappa shape index (κ3) is 4.48. The van der Waals surface area contributed by atoms with Crippen molar-refractivity contribution in [1.82, 2.24) is 0 Å². The van der Waals surface area contributed by atoms with E-state index in [9.17, 15) is 10.1 Å². The number of hydrogen-bond acceptors (Lipinski definition) is 4. The minimum atomic E-state index is -0.417. The smallest absolute Gasteiger partial charge is 0.269 e. The maximum absolute atomic E-state index is 10.6. The van der Waals surface area contributed by atoms with Gasteiger partial charge in [0.2, 0.25) is 0 Å². The molecule has 0 atom stereocenters. The third-order valence-electron chi connectivity index (χ3n) is 2.87. The van der Waals surface area contributed by atoms with Gasteiger partial charge in [-0.15, -0.1) is 0 Å². The maximum Gasteiger partial charge on any atom is 0.269 e. The number of ether oxygens (including phenoxy) is 1. The van der Waals surface area contributed by atoms with Crippen LogP contribution in [0.3, 0.4) is 0 Å². The summed E-state index contributed by atoms with van der Waals surface area (Å²) in [5.74, 6) is 0.775. The molecule has 0 aliphatic heterocycles. The van der Waals surface area contributed by atoms with Crippen LogP contribution in [0.2, 0.25) is 0 Å². The molecule has 0 heterocycles. The first kappa shape index (κ1) is 17.0. The average molecular weight is 463 g/mol. The van der Waals surface area contributed by atoms with Gasteiger partial charge in [0, 0.05) is 37.9 Å². The minimum Gasteiger partial charge on any atom is -0.497 e. The molecule has 111 valence electrons. The molecule has 1 radical (unpaired) electrons. The summed E-state index contributed by atoms with van der Waals surface area (Å²) in [5.41, 5.74) is 2.53. The van der Waals surface area contributed by atoms with Crippen LogP contribution in [0.25, 0.3) is 0 Å². The fourth-order valence-electron chi connectivity index (χ4n) is 1.74. The summed E-state index contributed by atoms with van der Waals surface area (Å²) < 4.78 is 5.08. The molecular weight excluding hydrogens is 448 g/mol. The summed E-state index contributed by atoms with van der Waals surface area (Å²) in [6, 6.07) is 13.7. The van der Waals surface area contributed by atoms with Gasteiger partial charge in [0.25, 0.3) is 5.69 Å². The largest absolute Gasteiger partial charge is 0.497 e. The molecule has 21 heavy (non-hydrogen) atoms. The molecule has 2 aromatic rings. The van der Waals surface area contributed by atoms with Gasteiger partial charge in [0.1, 0.15) is 5.75 Å². The van der Waals surface area contributed by atoms with E-state index < -0.39 is 4.92 Å². The summed E-state index contributed by atoms with van der Waals surface area (Å²) in [6.45, 7) is 1.87. The van der Waals surface area contributed by atoms with Crippen LogP contribution in [0.1, 0.15) is 12.5 Å². The second-order valence-corrected chi connectivity index (χ2v) is 4.20. The van der Waals surface area contributed by atoms with Crippen molar-refractivity contribution in [3.63, 3.8) is 0 Å². The molecule has 0 aromatic heterocycles. The zero-order chi connectivity index (χ0) is 14.5. The van der Waals surface area contributed by atoms with Crippen LogP contribution in [0, 0.1) is 10.1 Å². The van der Waals surface area contributed by atoms with Gasteiger partial charge in [-0.1, -0.05) is 0 Å². The van der Waals surface area contributed by atoms with E-state index >= 15 is 0 Å². The Balaban J connectivity index is 0.00000220. The van der Waals surface area contributed by atoms with Crippen molar-refractivity contribution in [2.75, 3.05) is 7.11 Å². The van der Waals surface area contributed by atoms with E-state index in [4.69, 9.17) is 4.74 Å². The molecule has 0 fully saturated rings. The van der Waals surface area contributed by atoms with Crippen LogP contribution in [-0.2, 0) is 20.1 Å². The Morgan fingerprint density at radius 3 is 2.14 bits per heavy atom. The molecular formula is C15H14IrN2O3. The molecule has 0 unspecified atom stereocenters. The summed E-state index contributed by atoms with van der Waals surface area (Å²) >= 11 is 0. The van der Waals surface area contributed by atoms with Gasteiger partial charge in [-0.2, -0.15) is 0 Å². The van der Waals surface area contributed by atoms with E-state index in [-0.39, 0.29) is 25.8 Å². The summed E-state index contributed by atoms with van der Waals surface area (Å²) in [7, 11) is 1.61. The third-order valence-corrected chi connectivity index (χ3v) is 2.87. The van der Waals surface area contributed by atoms with E-state index in [0.29, 0.717) is 0 Å². The van der Waals surface area contributed by atoms with E-state index in [1.807, 2.05) is 31.2 Å². The number of hydrogen-bond donors (Lipinski definition) is 0. The minimum absolute atomic E-state index is 0. The van der Waals surface area contributed by atoms with Crippen molar-refractivity contribution >= 4 is 17.1 Å². The van der Waals surface area contributed by atoms with E-state index in [1.54, 1.807) is 19.2 Å². The van der Waals surface area contributed by atoms with Gasteiger partial charge >= 0.3 is 0 Å². The van der Waals surface area contributed by atoms with Gasteiger partial charge < -0.3 is 4.74 Å². The number of aliphatic imine (C=N–C) groups is 1. The summed E-state index contributed by atoms with van der Waals surface area (Å²) in [4.78, 5) is 14.7. The molecule has 0 bridgehead atoms. The molecule has 0 spiro atoms. The zero-order valence-corrected chi connectivity index (χ0v) is 14.0. The van der Waals surface area contributed by atoms with E-state index in [0.717, 1.165) is 22.7 Å². The first-order valence-corrected chi connectivity index (χ1v) is 6.04. The van der Waals surface area contributed by atoms with Crippen LogP contribution in [0.15, 0.2) is 53.5 Å². The first-order valence-electron chi connectivity index (χ1n) is 6.04. The Morgan fingerprint density at radius 1 is 1.10 bits per heavy atom. The predicted molar refractivity (Wildman–Crippen MR) is 78.0 cm³/mol. The quantitative estimate of drug-likeness (QED) is 0.395. The molecule has 0 N–H and O–H groups in total. The normalized spacial score (nSPS) is 10.7. The Kier molecular flexibility index (Phi) is 6.21. The SMILES string of the molecule is COc1ccc(/N=C(\C)c2ccc([N+](=O)[O-])cc2)cc1.[Ir]. The van der Waals surface area contributed by atoms with E-state index in [1.165, 1.54) is 12.1 Å². The monoisotopic (exact) mass is 463 g/mol. The van der Waals surface area contributed by atoms with Crippen LogP contribution >= 0.6 is 0 Å². The predicted octanol–water partition coefficient (Wildman–Crippen LogP) is 3.74. The molecule has 0 aliphatic rings. The summed E-state index contributed by atoms with van der Waals surface area (Å²) in [5, 5.41) is 10.6. The molecule has 0 saturated heterocycles. The van der Waals surface area contributed by atoms with Gasteiger partial charge in [-0.3, -0.25) is 15.1 Å². The molecule has 0 aliphatic carbocycles. The van der Waals surface area contributed by atoms with Crippen molar-refractivity contribution in [2.24, 2.45) is 4.99 Å². The molecule has 2 aromatic carbocycles. The fourth-order valence-corrected chi connectivity index (χ4v) is 1.74. The van der Waals surface area contributed by atoms with Crippen LogP contribution in [0.5, 0.6) is 5.75 Å². The van der Waals surface area contributed by atoms with Crippen molar-refractivity contribution in [2.45, 2.75) is 6.92 Å². The Hall–Kier alpha value is -2.04. The number of nitro groups is 1. The Morgan fingerprint density at radius 2 is 1.67 bits per heavy atom. The van der Waals surface area contributed by atoms with Crippen molar-refractivity contribution in [3.8, 4) is 5.75 Å². The maximum atomic E-state index is 10.6. The number of rotatable bonds is 4. The van der Waals surface area contributed by atoms with Crippen LogP contribution in [-0.4, -0.2) is 17.7 Å². The second kappa shape index (κ2) is 7.67. The molecule has 5 nitrogen and oxygen atoms in total.